The maximum Gasteiger partial charge on any atom is 0.248 e. The summed E-state index contributed by atoms with van der Waals surface area (Å²) in [6.07, 6.45) is 0. The molecule has 0 bridgehead atoms. The minimum Gasteiger partial charge on any atom is -0.374 e. The number of aromatic nitrogens is 1. The van der Waals surface area contributed by atoms with Gasteiger partial charge >= 0.3 is 0 Å². The summed E-state index contributed by atoms with van der Waals surface area (Å²) in [5, 5.41) is 9.10. The molecule has 0 spiro atoms. The first-order valence-electron chi connectivity index (χ1n) is 6.21. The second kappa shape index (κ2) is 6.24. The second-order valence-corrected chi connectivity index (χ2v) is 5.90. The van der Waals surface area contributed by atoms with Crippen LogP contribution in [-0.2, 0) is 4.79 Å². The molecule has 0 saturated heterocycles. The Morgan fingerprint density at radius 2 is 2.15 bits per heavy atom. The number of hydrogen-bond acceptors (Lipinski definition) is 4. The SMILES string of the molecule is Cc1csc(NC(=O)[C@H](C)Nc2cc(Cl)ccc2C)n1. The normalized spacial score (nSPS) is 12.0. The largest absolute Gasteiger partial charge is 0.374 e. The lowest BCUT2D eigenvalue weighted by atomic mass is 10.2. The van der Waals surface area contributed by atoms with Crippen molar-refractivity contribution in [1.29, 1.82) is 0 Å². The van der Waals surface area contributed by atoms with E-state index in [-0.39, 0.29) is 11.9 Å². The van der Waals surface area contributed by atoms with Crippen LogP contribution in [0.5, 0.6) is 0 Å². The molecule has 0 aliphatic heterocycles. The molecule has 1 heterocycles. The van der Waals surface area contributed by atoms with Crippen molar-refractivity contribution in [3.63, 3.8) is 0 Å². The monoisotopic (exact) mass is 309 g/mol. The van der Waals surface area contributed by atoms with E-state index in [1.54, 1.807) is 6.92 Å². The molecule has 4 nitrogen and oxygen atoms in total. The third-order valence-corrected chi connectivity index (χ3v) is 3.92. The quantitative estimate of drug-likeness (QED) is 0.902. The van der Waals surface area contributed by atoms with Gasteiger partial charge in [0.05, 0.1) is 5.69 Å². The van der Waals surface area contributed by atoms with Crippen LogP contribution in [0.2, 0.25) is 5.02 Å². The maximum atomic E-state index is 12.1. The van der Waals surface area contributed by atoms with Crippen molar-refractivity contribution in [2.45, 2.75) is 26.8 Å². The molecule has 0 fully saturated rings. The first kappa shape index (κ1) is 14.8. The van der Waals surface area contributed by atoms with E-state index < -0.39 is 0 Å². The summed E-state index contributed by atoms with van der Waals surface area (Å²) in [5.74, 6) is -0.126. The summed E-state index contributed by atoms with van der Waals surface area (Å²) in [7, 11) is 0. The Kier molecular flexibility index (Phi) is 4.62. The minimum atomic E-state index is -0.378. The molecule has 0 saturated carbocycles. The van der Waals surface area contributed by atoms with Crippen LogP contribution in [0.15, 0.2) is 23.6 Å². The average Bonchev–Trinajstić information content (AvgIpc) is 2.79. The van der Waals surface area contributed by atoms with Gasteiger partial charge in [0.2, 0.25) is 5.91 Å². The molecule has 0 radical (unpaired) electrons. The van der Waals surface area contributed by atoms with Gasteiger partial charge in [0, 0.05) is 16.1 Å². The van der Waals surface area contributed by atoms with Gasteiger partial charge in [-0.1, -0.05) is 17.7 Å². The molecule has 2 aromatic rings. The lowest BCUT2D eigenvalue weighted by Gasteiger charge is -2.16. The van der Waals surface area contributed by atoms with Gasteiger partial charge in [0.1, 0.15) is 6.04 Å². The van der Waals surface area contributed by atoms with Gasteiger partial charge in [0.25, 0.3) is 0 Å². The summed E-state index contributed by atoms with van der Waals surface area (Å²) in [4.78, 5) is 16.3. The predicted octanol–water partition coefficient (Wildman–Crippen LogP) is 3.85. The Hall–Kier alpha value is -1.59. The van der Waals surface area contributed by atoms with Crippen LogP contribution in [0.25, 0.3) is 0 Å². The first-order chi connectivity index (χ1) is 9.45. The van der Waals surface area contributed by atoms with Crippen molar-refractivity contribution in [2.75, 3.05) is 10.6 Å². The van der Waals surface area contributed by atoms with Crippen LogP contribution in [0.1, 0.15) is 18.2 Å². The molecule has 1 atom stereocenters. The highest BCUT2D eigenvalue weighted by atomic mass is 35.5. The average molecular weight is 310 g/mol. The predicted molar refractivity (Wildman–Crippen MR) is 84.8 cm³/mol. The van der Waals surface area contributed by atoms with Crippen molar-refractivity contribution in [2.24, 2.45) is 0 Å². The Morgan fingerprint density at radius 3 is 2.80 bits per heavy atom. The highest BCUT2D eigenvalue weighted by Crippen LogP contribution is 2.21. The van der Waals surface area contributed by atoms with Gasteiger partial charge in [0.15, 0.2) is 5.13 Å². The molecule has 2 rings (SSSR count). The van der Waals surface area contributed by atoms with Gasteiger partial charge in [-0.2, -0.15) is 0 Å². The number of carbonyl (C=O) groups excluding carboxylic acids is 1. The second-order valence-electron chi connectivity index (χ2n) is 4.61. The Balaban J connectivity index is 2.02. The number of rotatable bonds is 4. The van der Waals surface area contributed by atoms with Gasteiger partial charge in [-0.15, -0.1) is 11.3 Å². The first-order valence-corrected chi connectivity index (χ1v) is 7.47. The van der Waals surface area contributed by atoms with E-state index in [4.69, 9.17) is 11.6 Å². The topological polar surface area (TPSA) is 54.0 Å². The zero-order valence-corrected chi connectivity index (χ0v) is 13.1. The number of thiazole rings is 1. The van der Waals surface area contributed by atoms with Crippen molar-refractivity contribution in [1.82, 2.24) is 4.98 Å². The smallest absolute Gasteiger partial charge is 0.248 e. The number of hydrogen-bond donors (Lipinski definition) is 2. The van der Waals surface area contributed by atoms with Gasteiger partial charge in [-0.3, -0.25) is 4.79 Å². The molecule has 6 heteroatoms. The molecule has 2 N–H and O–H groups in total. The zero-order chi connectivity index (χ0) is 14.7. The summed E-state index contributed by atoms with van der Waals surface area (Å²) in [6, 6.07) is 5.18. The Morgan fingerprint density at radius 1 is 1.40 bits per heavy atom. The number of amides is 1. The fourth-order valence-corrected chi connectivity index (χ4v) is 2.54. The molecule has 0 aliphatic carbocycles. The van der Waals surface area contributed by atoms with Crippen LogP contribution in [0.4, 0.5) is 10.8 Å². The number of benzene rings is 1. The minimum absolute atomic E-state index is 0.126. The third-order valence-electron chi connectivity index (χ3n) is 2.81. The van der Waals surface area contributed by atoms with Crippen LogP contribution >= 0.6 is 22.9 Å². The van der Waals surface area contributed by atoms with Crippen LogP contribution in [0, 0.1) is 13.8 Å². The van der Waals surface area contributed by atoms with Crippen LogP contribution in [-0.4, -0.2) is 16.9 Å². The molecule has 0 aliphatic rings. The van der Waals surface area contributed by atoms with E-state index in [2.05, 4.69) is 15.6 Å². The lowest BCUT2D eigenvalue weighted by Crippen LogP contribution is -2.32. The Labute approximate surface area is 127 Å². The van der Waals surface area contributed by atoms with Crippen LogP contribution < -0.4 is 10.6 Å². The number of nitrogens with one attached hydrogen (secondary N) is 2. The highest BCUT2D eigenvalue weighted by Gasteiger charge is 2.15. The number of anilines is 2. The number of nitrogens with zero attached hydrogens (tertiary/aromatic N) is 1. The number of carbonyl (C=O) groups is 1. The standard InChI is InChI=1S/C14H16ClN3OS/c1-8-4-5-11(15)6-12(8)17-10(3)13(19)18-14-16-9(2)7-20-14/h4-7,10,17H,1-3H3,(H,16,18,19)/t10-/m0/s1. The molecule has 20 heavy (non-hydrogen) atoms. The highest BCUT2D eigenvalue weighted by molar-refractivity contribution is 7.13. The molecule has 0 unspecified atom stereocenters. The number of aryl methyl sites for hydroxylation is 2. The van der Waals surface area contributed by atoms with Crippen molar-refractivity contribution < 1.29 is 4.79 Å². The van der Waals surface area contributed by atoms with E-state index in [9.17, 15) is 4.79 Å². The third kappa shape index (κ3) is 3.71. The molecular weight excluding hydrogens is 294 g/mol. The van der Waals surface area contributed by atoms with Crippen LogP contribution in [0.3, 0.4) is 0 Å². The van der Waals surface area contributed by atoms with Gasteiger partial charge < -0.3 is 10.6 Å². The van der Waals surface area contributed by atoms with E-state index in [1.165, 1.54) is 11.3 Å². The molecule has 1 amide bonds. The number of halogens is 1. The van der Waals surface area contributed by atoms with E-state index in [0.29, 0.717) is 10.2 Å². The van der Waals surface area contributed by atoms with Crippen molar-refractivity contribution >= 4 is 39.7 Å². The van der Waals surface area contributed by atoms with E-state index >= 15 is 0 Å². The molecule has 106 valence electrons. The summed E-state index contributed by atoms with van der Waals surface area (Å²) in [6.45, 7) is 5.66. The summed E-state index contributed by atoms with van der Waals surface area (Å²) >= 11 is 7.38. The molecule has 1 aromatic carbocycles. The summed E-state index contributed by atoms with van der Waals surface area (Å²) < 4.78 is 0. The lowest BCUT2D eigenvalue weighted by molar-refractivity contribution is -0.116. The fourth-order valence-electron chi connectivity index (χ4n) is 1.67. The fraction of sp³-hybridized carbons (Fsp3) is 0.286. The van der Waals surface area contributed by atoms with Crippen molar-refractivity contribution in [3.05, 3.63) is 39.9 Å². The molecule has 1 aromatic heterocycles. The van der Waals surface area contributed by atoms with Crippen molar-refractivity contribution in [3.8, 4) is 0 Å². The Bertz CT molecular complexity index is 627. The van der Waals surface area contributed by atoms with Gasteiger partial charge in [-0.25, -0.2) is 4.98 Å². The molecular formula is C14H16ClN3OS. The zero-order valence-electron chi connectivity index (χ0n) is 11.5. The van der Waals surface area contributed by atoms with Gasteiger partial charge in [-0.05, 0) is 38.5 Å². The van der Waals surface area contributed by atoms with E-state index in [0.717, 1.165) is 16.9 Å². The maximum absolute atomic E-state index is 12.1. The summed E-state index contributed by atoms with van der Waals surface area (Å²) in [5.41, 5.74) is 2.80. The van der Waals surface area contributed by atoms with E-state index in [1.807, 2.05) is 37.4 Å².